The average molecular weight is 144 g/mol. The summed E-state index contributed by atoms with van der Waals surface area (Å²) >= 11 is 0. The highest BCUT2D eigenvalue weighted by Gasteiger charge is 2.04. The van der Waals surface area contributed by atoms with Crippen LogP contribution in [0.25, 0.3) is 0 Å². The van der Waals surface area contributed by atoms with Crippen molar-refractivity contribution in [3.63, 3.8) is 0 Å². The fourth-order valence-corrected chi connectivity index (χ4v) is 0.589. The maximum Gasteiger partial charge on any atom is 0.380 e. The Labute approximate surface area is 55.7 Å². The molecule has 0 unspecified atom stereocenters. The van der Waals surface area contributed by atoms with Crippen LogP contribution in [0.15, 0.2) is 18.5 Å². The Morgan fingerprint density at radius 3 is 2.20 bits per heavy atom. The number of hydrogen-bond donors (Lipinski definition) is 0. The van der Waals surface area contributed by atoms with Crippen LogP contribution in [0.3, 0.4) is 0 Å². The standard InChI is InChI=1S/C6H4F2NO/c7-5-1-6(8)3-9(2-5)4-10/h1-4H/q+1. The van der Waals surface area contributed by atoms with Gasteiger partial charge in [0, 0.05) is 6.07 Å². The first-order valence-corrected chi connectivity index (χ1v) is 2.54. The average Bonchev–Trinajstić information content (AvgIpc) is 1.85. The second kappa shape index (κ2) is 2.51. The molecule has 0 atom stereocenters. The van der Waals surface area contributed by atoms with Crippen LogP contribution in [-0.2, 0) is 4.79 Å². The van der Waals surface area contributed by atoms with E-state index in [1.807, 2.05) is 0 Å². The van der Waals surface area contributed by atoms with Gasteiger partial charge in [-0.3, -0.25) is 0 Å². The zero-order chi connectivity index (χ0) is 7.56. The van der Waals surface area contributed by atoms with Gasteiger partial charge in [0.25, 0.3) is 0 Å². The highest BCUT2D eigenvalue weighted by molar-refractivity contribution is 5.34. The Morgan fingerprint density at radius 2 is 1.80 bits per heavy atom. The molecule has 1 aromatic rings. The van der Waals surface area contributed by atoms with Crippen LogP contribution in [-0.4, -0.2) is 6.41 Å². The van der Waals surface area contributed by atoms with Crippen molar-refractivity contribution in [1.82, 2.24) is 0 Å². The lowest BCUT2D eigenvalue weighted by Gasteiger charge is -1.84. The third kappa shape index (κ3) is 1.34. The molecule has 0 aliphatic rings. The summed E-state index contributed by atoms with van der Waals surface area (Å²) in [7, 11) is 0. The molecule has 4 heteroatoms. The highest BCUT2D eigenvalue weighted by Crippen LogP contribution is 1.94. The highest BCUT2D eigenvalue weighted by atomic mass is 19.1. The zero-order valence-corrected chi connectivity index (χ0v) is 4.92. The molecular weight excluding hydrogens is 140 g/mol. The summed E-state index contributed by atoms with van der Waals surface area (Å²) in [6.45, 7) is 0. The smallest absolute Gasteiger partial charge is 0.222 e. The van der Waals surface area contributed by atoms with Crippen LogP contribution < -0.4 is 4.57 Å². The van der Waals surface area contributed by atoms with Gasteiger partial charge in [-0.25, -0.2) is 13.6 Å². The molecule has 0 radical (unpaired) electrons. The van der Waals surface area contributed by atoms with Gasteiger partial charge in [-0.05, 0) is 0 Å². The van der Waals surface area contributed by atoms with Crippen molar-refractivity contribution in [3.8, 4) is 0 Å². The van der Waals surface area contributed by atoms with Gasteiger partial charge < -0.3 is 0 Å². The Kier molecular flexibility index (Phi) is 1.71. The van der Waals surface area contributed by atoms with Gasteiger partial charge >= 0.3 is 6.41 Å². The van der Waals surface area contributed by atoms with Crippen LogP contribution in [0.4, 0.5) is 8.78 Å². The predicted octanol–water partition coefficient (Wildman–Crippen LogP) is 0.291. The Bertz CT molecular complexity index is 242. The molecule has 0 aliphatic heterocycles. The summed E-state index contributed by atoms with van der Waals surface area (Å²) < 4.78 is 25.2. The minimum absolute atomic E-state index is 0.312. The summed E-state index contributed by atoms with van der Waals surface area (Å²) in [4.78, 5) is 9.94. The van der Waals surface area contributed by atoms with Crippen molar-refractivity contribution in [2.24, 2.45) is 0 Å². The molecule has 0 saturated carbocycles. The Hall–Kier alpha value is -1.32. The first-order chi connectivity index (χ1) is 4.72. The number of carbonyl (C=O) groups is 1. The van der Waals surface area contributed by atoms with Crippen LogP contribution in [0.1, 0.15) is 0 Å². The second-order valence-corrected chi connectivity index (χ2v) is 1.72. The van der Waals surface area contributed by atoms with E-state index in [4.69, 9.17) is 0 Å². The lowest BCUT2D eigenvalue weighted by Crippen LogP contribution is -2.33. The number of nitrogens with zero attached hydrogens (tertiary/aromatic N) is 1. The van der Waals surface area contributed by atoms with Gasteiger partial charge in [0.15, 0.2) is 11.6 Å². The van der Waals surface area contributed by atoms with Gasteiger partial charge in [-0.1, -0.05) is 0 Å². The number of halogens is 2. The molecule has 10 heavy (non-hydrogen) atoms. The van der Waals surface area contributed by atoms with Crippen LogP contribution in [0.2, 0.25) is 0 Å². The van der Waals surface area contributed by atoms with E-state index in [1.165, 1.54) is 0 Å². The molecule has 0 amide bonds. The maximum atomic E-state index is 12.2. The number of hydrogen-bond acceptors (Lipinski definition) is 1. The molecule has 0 saturated heterocycles. The monoisotopic (exact) mass is 144 g/mol. The van der Waals surface area contributed by atoms with Crippen LogP contribution in [0, 0.1) is 11.6 Å². The van der Waals surface area contributed by atoms with E-state index in [-0.39, 0.29) is 0 Å². The first kappa shape index (κ1) is 6.80. The van der Waals surface area contributed by atoms with E-state index in [0.717, 1.165) is 17.0 Å². The van der Waals surface area contributed by atoms with Crippen molar-refractivity contribution < 1.29 is 18.1 Å². The molecule has 0 N–H and O–H groups in total. The van der Waals surface area contributed by atoms with Crippen molar-refractivity contribution in [3.05, 3.63) is 30.1 Å². The third-order valence-corrected chi connectivity index (χ3v) is 0.942. The zero-order valence-electron chi connectivity index (χ0n) is 4.92. The van der Waals surface area contributed by atoms with Crippen LogP contribution >= 0.6 is 0 Å². The summed E-state index contributed by atoms with van der Waals surface area (Å²) in [5.41, 5.74) is 0. The van der Waals surface area contributed by atoms with E-state index in [9.17, 15) is 13.6 Å². The van der Waals surface area contributed by atoms with E-state index >= 15 is 0 Å². The molecule has 0 aliphatic carbocycles. The van der Waals surface area contributed by atoms with Crippen LogP contribution in [0.5, 0.6) is 0 Å². The van der Waals surface area contributed by atoms with Gasteiger partial charge in [-0.15, -0.1) is 4.57 Å². The molecular formula is C6H4F2NO+. The lowest BCUT2D eigenvalue weighted by atomic mass is 10.4. The van der Waals surface area contributed by atoms with Gasteiger partial charge in [0.2, 0.25) is 12.4 Å². The molecule has 52 valence electrons. The number of aromatic nitrogens is 1. The van der Waals surface area contributed by atoms with Crippen molar-refractivity contribution in [1.29, 1.82) is 0 Å². The SMILES string of the molecule is O=C[n+]1cc(F)cc(F)c1. The lowest BCUT2D eigenvalue weighted by molar-refractivity contribution is -0.556. The summed E-state index contributed by atoms with van der Waals surface area (Å²) in [5, 5.41) is 0. The van der Waals surface area contributed by atoms with E-state index in [0.29, 0.717) is 12.5 Å². The fraction of sp³-hybridized carbons (Fsp3) is 0. The quantitative estimate of drug-likeness (QED) is 0.410. The molecule has 0 fully saturated rings. The molecule has 2 nitrogen and oxygen atoms in total. The van der Waals surface area contributed by atoms with Gasteiger partial charge in [0.1, 0.15) is 0 Å². The second-order valence-electron chi connectivity index (χ2n) is 1.72. The van der Waals surface area contributed by atoms with Crippen molar-refractivity contribution in [2.75, 3.05) is 0 Å². The fourth-order valence-electron chi connectivity index (χ4n) is 0.589. The summed E-state index contributed by atoms with van der Waals surface area (Å²) in [5.74, 6) is -1.54. The van der Waals surface area contributed by atoms with Crippen molar-refractivity contribution >= 4 is 6.41 Å². The Morgan fingerprint density at radius 1 is 1.30 bits per heavy atom. The normalized spacial score (nSPS) is 9.40. The predicted molar refractivity (Wildman–Crippen MR) is 28.7 cm³/mol. The minimum Gasteiger partial charge on any atom is -0.222 e. The molecule has 1 heterocycles. The molecule has 0 bridgehead atoms. The van der Waals surface area contributed by atoms with E-state index in [2.05, 4.69) is 0 Å². The summed E-state index contributed by atoms with van der Waals surface area (Å²) in [6, 6.07) is 0.694. The number of rotatable bonds is 1. The maximum absolute atomic E-state index is 12.2. The minimum atomic E-state index is -0.771. The molecule has 0 spiro atoms. The number of carbonyl (C=O) groups excluding carboxylic acids is 1. The van der Waals surface area contributed by atoms with E-state index < -0.39 is 11.6 Å². The molecule has 1 rings (SSSR count). The van der Waals surface area contributed by atoms with Gasteiger partial charge in [-0.2, -0.15) is 0 Å². The van der Waals surface area contributed by atoms with E-state index in [1.54, 1.807) is 0 Å². The topological polar surface area (TPSA) is 20.9 Å². The summed E-state index contributed by atoms with van der Waals surface area (Å²) in [6.07, 6.45) is 2.08. The molecule has 1 aromatic heterocycles. The molecule has 0 aromatic carbocycles. The first-order valence-electron chi connectivity index (χ1n) is 2.54. The third-order valence-electron chi connectivity index (χ3n) is 0.942. The Balaban J connectivity index is 3.18. The number of pyridine rings is 1. The largest absolute Gasteiger partial charge is 0.380 e. The van der Waals surface area contributed by atoms with Crippen molar-refractivity contribution in [2.45, 2.75) is 0 Å². The van der Waals surface area contributed by atoms with Gasteiger partial charge in [0.05, 0.1) is 0 Å².